The molecule has 112 valence electrons. The molecule has 2 rings (SSSR count). The minimum absolute atomic E-state index is 0.112. The summed E-state index contributed by atoms with van der Waals surface area (Å²) in [6, 6.07) is 10.8. The number of rotatable bonds is 8. The zero-order chi connectivity index (χ0) is 14.6. The summed E-state index contributed by atoms with van der Waals surface area (Å²) >= 11 is 0. The number of aliphatic hydroxyl groups excluding tert-OH is 1. The molecule has 3 nitrogen and oxygen atoms in total. The average Bonchev–Trinajstić information content (AvgIpc) is 3.28. The van der Waals surface area contributed by atoms with Gasteiger partial charge in [-0.25, -0.2) is 0 Å². The lowest BCUT2D eigenvalue weighted by Crippen LogP contribution is -2.54. The summed E-state index contributed by atoms with van der Waals surface area (Å²) in [7, 11) is 1.94. The van der Waals surface area contributed by atoms with Gasteiger partial charge in [-0.2, -0.15) is 0 Å². The van der Waals surface area contributed by atoms with Crippen LogP contribution in [0, 0.1) is 5.92 Å². The molecule has 0 spiro atoms. The first kappa shape index (κ1) is 15.5. The first-order valence-electron chi connectivity index (χ1n) is 7.70. The Morgan fingerprint density at radius 1 is 1.30 bits per heavy atom. The van der Waals surface area contributed by atoms with E-state index in [-0.39, 0.29) is 12.1 Å². The summed E-state index contributed by atoms with van der Waals surface area (Å²) in [4.78, 5) is 2.50. The van der Waals surface area contributed by atoms with Crippen LogP contribution in [0.1, 0.15) is 32.3 Å². The maximum atomic E-state index is 10.0. The number of nitrogens with one attached hydrogen (secondary N) is 1. The molecule has 3 heteroatoms. The highest BCUT2D eigenvalue weighted by Crippen LogP contribution is 2.32. The summed E-state index contributed by atoms with van der Waals surface area (Å²) in [5.41, 5.74) is 0.784. The van der Waals surface area contributed by atoms with Crippen molar-refractivity contribution < 1.29 is 5.11 Å². The first-order valence-corrected chi connectivity index (χ1v) is 7.70. The molecule has 0 saturated heterocycles. The molecule has 0 radical (unpaired) electrons. The van der Waals surface area contributed by atoms with Crippen molar-refractivity contribution in [3.05, 3.63) is 35.9 Å². The van der Waals surface area contributed by atoms with Gasteiger partial charge in [-0.3, -0.25) is 4.90 Å². The molecule has 1 saturated carbocycles. The largest absolute Gasteiger partial charge is 0.394 e. The van der Waals surface area contributed by atoms with E-state index in [2.05, 4.69) is 36.2 Å². The molecule has 2 N–H and O–H groups in total. The molecule has 1 aromatic rings. The van der Waals surface area contributed by atoms with Crippen LogP contribution in [0.4, 0.5) is 0 Å². The molecule has 1 fully saturated rings. The Labute approximate surface area is 123 Å². The second-order valence-corrected chi connectivity index (χ2v) is 6.32. The van der Waals surface area contributed by atoms with Crippen molar-refractivity contribution in [2.45, 2.75) is 38.3 Å². The van der Waals surface area contributed by atoms with E-state index in [0.717, 1.165) is 24.6 Å². The maximum Gasteiger partial charge on any atom is 0.0795 e. The van der Waals surface area contributed by atoms with Crippen LogP contribution in [0.25, 0.3) is 0 Å². The molecular weight excluding hydrogens is 248 g/mol. The number of nitrogens with zero attached hydrogens (tertiary/aromatic N) is 1. The Hall–Kier alpha value is -0.900. The van der Waals surface area contributed by atoms with E-state index in [0.29, 0.717) is 6.04 Å². The Morgan fingerprint density at radius 3 is 2.40 bits per heavy atom. The lowest BCUT2D eigenvalue weighted by Gasteiger charge is -2.39. The number of benzene rings is 1. The summed E-state index contributed by atoms with van der Waals surface area (Å²) in [5.74, 6) is 0.862. The van der Waals surface area contributed by atoms with Gasteiger partial charge in [0.05, 0.1) is 12.1 Å². The monoisotopic (exact) mass is 276 g/mol. The SMILES string of the molecule is CNC(CO)(CN(CC1CC1)C(C)C)c1ccccc1. The van der Waals surface area contributed by atoms with E-state index >= 15 is 0 Å². The quantitative estimate of drug-likeness (QED) is 0.764. The van der Waals surface area contributed by atoms with Crippen molar-refractivity contribution in [2.75, 3.05) is 26.7 Å². The van der Waals surface area contributed by atoms with Crippen LogP contribution < -0.4 is 5.32 Å². The van der Waals surface area contributed by atoms with Gasteiger partial charge in [0, 0.05) is 19.1 Å². The second kappa shape index (κ2) is 6.70. The van der Waals surface area contributed by atoms with Crippen LogP contribution in [0.3, 0.4) is 0 Å². The Morgan fingerprint density at radius 2 is 1.95 bits per heavy atom. The highest BCUT2D eigenvalue weighted by molar-refractivity contribution is 5.25. The molecular formula is C17H28N2O. The van der Waals surface area contributed by atoms with Crippen molar-refractivity contribution in [2.24, 2.45) is 5.92 Å². The summed E-state index contributed by atoms with van der Waals surface area (Å²) in [5, 5.41) is 13.4. The summed E-state index contributed by atoms with van der Waals surface area (Å²) in [6.45, 7) is 6.59. The van der Waals surface area contributed by atoms with Crippen LogP contribution in [0.2, 0.25) is 0 Å². The number of likely N-dealkylation sites (N-methyl/N-ethyl adjacent to an activating group) is 1. The Balaban J connectivity index is 2.18. The van der Waals surface area contributed by atoms with Gasteiger partial charge >= 0.3 is 0 Å². The van der Waals surface area contributed by atoms with Gasteiger partial charge in [-0.1, -0.05) is 30.3 Å². The van der Waals surface area contributed by atoms with E-state index < -0.39 is 0 Å². The zero-order valence-corrected chi connectivity index (χ0v) is 13.0. The van der Waals surface area contributed by atoms with Crippen LogP contribution in [0.15, 0.2) is 30.3 Å². The molecule has 0 amide bonds. The molecule has 1 aliphatic rings. The van der Waals surface area contributed by atoms with Gasteiger partial charge in [0.15, 0.2) is 0 Å². The minimum atomic E-state index is -0.375. The van der Waals surface area contributed by atoms with Gasteiger partial charge in [0.2, 0.25) is 0 Å². The highest BCUT2D eigenvalue weighted by Gasteiger charge is 2.35. The third-order valence-corrected chi connectivity index (χ3v) is 4.47. The van der Waals surface area contributed by atoms with E-state index in [1.54, 1.807) is 0 Å². The van der Waals surface area contributed by atoms with Crippen LogP contribution >= 0.6 is 0 Å². The molecule has 1 unspecified atom stereocenters. The summed E-state index contributed by atoms with van der Waals surface area (Å²) < 4.78 is 0. The maximum absolute atomic E-state index is 10.0. The molecule has 0 aromatic heterocycles. The molecule has 20 heavy (non-hydrogen) atoms. The standard InChI is InChI=1S/C17H28N2O/c1-14(2)19(11-15-9-10-15)12-17(13-20,18-3)16-7-5-4-6-8-16/h4-8,14-15,18,20H,9-13H2,1-3H3. The molecule has 1 atom stereocenters. The third-order valence-electron chi connectivity index (χ3n) is 4.47. The second-order valence-electron chi connectivity index (χ2n) is 6.32. The van der Waals surface area contributed by atoms with Crippen molar-refractivity contribution in [1.82, 2.24) is 10.2 Å². The van der Waals surface area contributed by atoms with Crippen LogP contribution in [-0.2, 0) is 5.54 Å². The van der Waals surface area contributed by atoms with Crippen molar-refractivity contribution >= 4 is 0 Å². The fraction of sp³-hybridized carbons (Fsp3) is 0.647. The fourth-order valence-electron chi connectivity index (χ4n) is 2.73. The summed E-state index contributed by atoms with van der Waals surface area (Å²) in [6.07, 6.45) is 2.72. The van der Waals surface area contributed by atoms with E-state index in [4.69, 9.17) is 0 Å². The lowest BCUT2D eigenvalue weighted by molar-refractivity contribution is 0.0928. The number of hydrogen-bond acceptors (Lipinski definition) is 3. The fourth-order valence-corrected chi connectivity index (χ4v) is 2.73. The number of hydrogen-bond donors (Lipinski definition) is 2. The van der Waals surface area contributed by atoms with E-state index in [1.165, 1.54) is 12.8 Å². The normalized spacial score (nSPS) is 18.5. The highest BCUT2D eigenvalue weighted by atomic mass is 16.3. The van der Waals surface area contributed by atoms with Gasteiger partial charge in [0.25, 0.3) is 0 Å². The predicted molar refractivity (Wildman–Crippen MR) is 83.7 cm³/mol. The van der Waals surface area contributed by atoms with Gasteiger partial charge < -0.3 is 10.4 Å². The van der Waals surface area contributed by atoms with E-state index in [9.17, 15) is 5.11 Å². The smallest absolute Gasteiger partial charge is 0.0795 e. The van der Waals surface area contributed by atoms with Crippen LogP contribution in [-0.4, -0.2) is 42.8 Å². The molecule has 1 aliphatic carbocycles. The van der Waals surface area contributed by atoms with E-state index in [1.807, 2.05) is 25.2 Å². The van der Waals surface area contributed by atoms with Gasteiger partial charge in [-0.05, 0) is 45.2 Å². The lowest BCUT2D eigenvalue weighted by atomic mass is 9.89. The topological polar surface area (TPSA) is 35.5 Å². The number of aliphatic hydroxyl groups is 1. The van der Waals surface area contributed by atoms with Crippen molar-refractivity contribution in [3.8, 4) is 0 Å². The molecule has 1 aromatic carbocycles. The zero-order valence-electron chi connectivity index (χ0n) is 13.0. The first-order chi connectivity index (χ1) is 9.61. The molecule has 0 bridgehead atoms. The molecule has 0 aliphatic heterocycles. The van der Waals surface area contributed by atoms with Crippen LogP contribution in [0.5, 0.6) is 0 Å². The van der Waals surface area contributed by atoms with Crippen molar-refractivity contribution in [1.29, 1.82) is 0 Å². The Bertz CT molecular complexity index is 397. The molecule has 0 heterocycles. The third kappa shape index (κ3) is 3.60. The predicted octanol–water partition coefficient (Wildman–Crippen LogP) is 2.21. The Kier molecular flexibility index (Phi) is 5.19. The van der Waals surface area contributed by atoms with Crippen molar-refractivity contribution in [3.63, 3.8) is 0 Å². The minimum Gasteiger partial charge on any atom is -0.394 e. The van der Waals surface area contributed by atoms with Gasteiger partial charge in [0.1, 0.15) is 0 Å². The average molecular weight is 276 g/mol. The van der Waals surface area contributed by atoms with Gasteiger partial charge in [-0.15, -0.1) is 0 Å².